The lowest BCUT2D eigenvalue weighted by Gasteiger charge is -2.09. The smallest absolute Gasteiger partial charge is 0.396 e. The van der Waals surface area contributed by atoms with E-state index in [9.17, 15) is 9.59 Å². The lowest BCUT2D eigenvalue weighted by Crippen LogP contribution is -2.34. The summed E-state index contributed by atoms with van der Waals surface area (Å²) in [7, 11) is 2.46. The Morgan fingerprint density at radius 2 is 2.18 bits per heavy atom. The molecule has 0 bridgehead atoms. The first-order valence-electron chi connectivity index (χ1n) is 2.83. The Labute approximate surface area is 64.2 Å². The summed E-state index contributed by atoms with van der Waals surface area (Å²) in [6, 6.07) is 1.72. The van der Waals surface area contributed by atoms with Gasteiger partial charge < -0.3 is 9.64 Å². The maximum Gasteiger partial charge on any atom is 0.396 e. The normalized spacial score (nSPS) is 8.09. The molecule has 0 unspecified atom stereocenters. The Morgan fingerprint density at radius 1 is 1.64 bits per heavy atom. The van der Waals surface area contributed by atoms with Crippen LogP contribution in [0, 0.1) is 11.3 Å². The summed E-state index contributed by atoms with van der Waals surface area (Å²) in [6.45, 7) is -0.117. The molecule has 1 amide bonds. The van der Waals surface area contributed by atoms with Crippen molar-refractivity contribution in [3.8, 4) is 6.07 Å². The molecule has 0 fully saturated rings. The topological polar surface area (TPSA) is 70.4 Å². The highest BCUT2D eigenvalue weighted by Gasteiger charge is 2.17. The summed E-state index contributed by atoms with van der Waals surface area (Å²) in [5.74, 6) is -1.77. The van der Waals surface area contributed by atoms with E-state index in [1.165, 1.54) is 7.05 Å². The van der Waals surface area contributed by atoms with E-state index in [1.54, 1.807) is 6.07 Å². The van der Waals surface area contributed by atoms with Gasteiger partial charge in [-0.2, -0.15) is 5.26 Å². The third-order valence-corrected chi connectivity index (χ3v) is 1.01. The van der Waals surface area contributed by atoms with E-state index in [2.05, 4.69) is 4.74 Å². The predicted molar refractivity (Wildman–Crippen MR) is 35.3 cm³/mol. The first-order chi connectivity index (χ1) is 5.13. The van der Waals surface area contributed by atoms with Crippen molar-refractivity contribution in [1.82, 2.24) is 4.90 Å². The van der Waals surface area contributed by atoms with Crippen LogP contribution >= 0.6 is 0 Å². The van der Waals surface area contributed by atoms with Crippen molar-refractivity contribution in [3.05, 3.63) is 0 Å². The standard InChI is InChI=1S/C6H8N2O3/c1-8(4-3-7)5(9)6(10)11-2/h4H2,1-2H3. The Hall–Kier alpha value is -1.57. The number of amides is 1. The van der Waals surface area contributed by atoms with Crippen LogP contribution in [0.15, 0.2) is 0 Å². The SMILES string of the molecule is COC(=O)C(=O)N(C)CC#N. The maximum atomic E-state index is 10.8. The number of methoxy groups -OCH3 is 1. The third-order valence-electron chi connectivity index (χ3n) is 1.01. The van der Waals surface area contributed by atoms with Crippen molar-refractivity contribution in [2.45, 2.75) is 0 Å². The van der Waals surface area contributed by atoms with Gasteiger partial charge in [-0.05, 0) is 0 Å². The predicted octanol–water partition coefficient (Wildman–Crippen LogP) is -0.859. The summed E-state index contributed by atoms with van der Waals surface area (Å²) in [6.07, 6.45) is 0. The molecule has 0 aliphatic rings. The highest BCUT2D eigenvalue weighted by molar-refractivity contribution is 6.32. The Kier molecular flexibility index (Phi) is 3.67. The van der Waals surface area contributed by atoms with Gasteiger partial charge in [-0.25, -0.2) is 4.79 Å². The van der Waals surface area contributed by atoms with Crippen molar-refractivity contribution in [3.63, 3.8) is 0 Å². The number of rotatable bonds is 1. The van der Waals surface area contributed by atoms with E-state index in [4.69, 9.17) is 5.26 Å². The molecule has 11 heavy (non-hydrogen) atoms. The molecular weight excluding hydrogens is 148 g/mol. The summed E-state index contributed by atoms with van der Waals surface area (Å²) < 4.78 is 4.14. The second-order valence-electron chi connectivity index (χ2n) is 1.81. The third kappa shape index (κ3) is 2.67. The highest BCUT2D eigenvalue weighted by atomic mass is 16.5. The molecule has 60 valence electrons. The molecule has 0 aromatic heterocycles. The molecule has 0 saturated heterocycles. The highest BCUT2D eigenvalue weighted by Crippen LogP contribution is 1.85. The fourth-order valence-corrected chi connectivity index (χ4v) is 0.421. The molecule has 0 aromatic rings. The van der Waals surface area contributed by atoms with E-state index in [0.29, 0.717) is 0 Å². The fourth-order valence-electron chi connectivity index (χ4n) is 0.421. The van der Waals surface area contributed by atoms with Gasteiger partial charge in [0, 0.05) is 7.05 Å². The quantitative estimate of drug-likeness (QED) is 0.281. The molecule has 0 aliphatic carbocycles. The second-order valence-corrected chi connectivity index (χ2v) is 1.81. The van der Waals surface area contributed by atoms with Gasteiger partial charge in [-0.3, -0.25) is 4.79 Å². The average Bonchev–Trinajstić information content (AvgIpc) is 2.02. The maximum absolute atomic E-state index is 10.8. The van der Waals surface area contributed by atoms with E-state index >= 15 is 0 Å². The van der Waals surface area contributed by atoms with Crippen LogP contribution in [0.3, 0.4) is 0 Å². The minimum atomic E-state index is -0.956. The number of carbonyl (C=O) groups excluding carboxylic acids is 2. The molecule has 5 nitrogen and oxygen atoms in total. The number of hydrogen-bond acceptors (Lipinski definition) is 4. The number of nitrogens with zero attached hydrogens (tertiary/aromatic N) is 2. The number of carbonyl (C=O) groups is 2. The van der Waals surface area contributed by atoms with E-state index < -0.39 is 11.9 Å². The molecule has 0 radical (unpaired) electrons. The van der Waals surface area contributed by atoms with Crippen LogP contribution < -0.4 is 0 Å². The van der Waals surface area contributed by atoms with Crippen LogP contribution in [0.25, 0.3) is 0 Å². The van der Waals surface area contributed by atoms with Gasteiger partial charge in [0.2, 0.25) is 0 Å². The Bertz CT molecular complexity index is 206. The van der Waals surface area contributed by atoms with Crippen LogP contribution in [-0.2, 0) is 14.3 Å². The zero-order valence-corrected chi connectivity index (χ0v) is 6.33. The average molecular weight is 156 g/mol. The van der Waals surface area contributed by atoms with Gasteiger partial charge >= 0.3 is 11.9 Å². The van der Waals surface area contributed by atoms with E-state index in [1.807, 2.05) is 0 Å². The molecule has 0 spiro atoms. The molecule has 5 heteroatoms. The molecule has 0 N–H and O–H groups in total. The Balaban J connectivity index is 4.04. The molecular formula is C6H8N2O3. The second kappa shape index (κ2) is 4.28. The van der Waals surface area contributed by atoms with Crippen molar-refractivity contribution in [2.24, 2.45) is 0 Å². The minimum Gasteiger partial charge on any atom is -0.462 e. The zero-order chi connectivity index (χ0) is 8.85. The lowest BCUT2D eigenvalue weighted by molar-refractivity contribution is -0.157. The number of nitriles is 1. The van der Waals surface area contributed by atoms with Crippen molar-refractivity contribution in [1.29, 1.82) is 5.26 Å². The van der Waals surface area contributed by atoms with Crippen LogP contribution in [0.4, 0.5) is 0 Å². The van der Waals surface area contributed by atoms with Gasteiger partial charge in [0.05, 0.1) is 13.2 Å². The number of likely N-dealkylation sites (N-methyl/N-ethyl adjacent to an activating group) is 1. The molecule has 0 aliphatic heterocycles. The molecule has 0 aromatic carbocycles. The monoisotopic (exact) mass is 156 g/mol. The van der Waals surface area contributed by atoms with E-state index in [-0.39, 0.29) is 6.54 Å². The van der Waals surface area contributed by atoms with Gasteiger partial charge in [0.1, 0.15) is 6.54 Å². The Morgan fingerprint density at radius 3 is 2.55 bits per heavy atom. The lowest BCUT2D eigenvalue weighted by atomic mass is 10.5. The fraction of sp³-hybridized carbons (Fsp3) is 0.500. The first-order valence-corrected chi connectivity index (χ1v) is 2.83. The largest absolute Gasteiger partial charge is 0.462 e. The van der Waals surface area contributed by atoms with Crippen molar-refractivity contribution >= 4 is 11.9 Å². The molecule has 0 rings (SSSR count). The van der Waals surface area contributed by atoms with Crippen molar-refractivity contribution in [2.75, 3.05) is 20.7 Å². The number of ether oxygens (including phenoxy) is 1. The van der Waals surface area contributed by atoms with Crippen LogP contribution in [0.5, 0.6) is 0 Å². The summed E-state index contributed by atoms with van der Waals surface area (Å²) in [5.41, 5.74) is 0. The van der Waals surface area contributed by atoms with Crippen LogP contribution in [0.1, 0.15) is 0 Å². The van der Waals surface area contributed by atoms with Crippen molar-refractivity contribution < 1.29 is 14.3 Å². The minimum absolute atomic E-state index is 0.117. The first kappa shape index (κ1) is 9.43. The van der Waals surface area contributed by atoms with Gasteiger partial charge in [0.25, 0.3) is 0 Å². The van der Waals surface area contributed by atoms with E-state index in [0.717, 1.165) is 12.0 Å². The number of esters is 1. The van der Waals surface area contributed by atoms with Gasteiger partial charge in [0.15, 0.2) is 0 Å². The molecule has 0 heterocycles. The van der Waals surface area contributed by atoms with Crippen LogP contribution in [0.2, 0.25) is 0 Å². The molecule has 0 atom stereocenters. The molecule has 0 saturated carbocycles. The van der Waals surface area contributed by atoms with Gasteiger partial charge in [-0.1, -0.05) is 0 Å². The summed E-state index contributed by atoms with van der Waals surface area (Å²) in [5, 5.41) is 8.14. The summed E-state index contributed by atoms with van der Waals surface area (Å²) in [4.78, 5) is 22.2. The zero-order valence-electron chi connectivity index (χ0n) is 6.33. The van der Waals surface area contributed by atoms with Crippen LogP contribution in [-0.4, -0.2) is 37.5 Å². The number of hydrogen-bond donors (Lipinski definition) is 0. The summed E-state index contributed by atoms with van der Waals surface area (Å²) >= 11 is 0. The van der Waals surface area contributed by atoms with Gasteiger partial charge in [-0.15, -0.1) is 0 Å².